The third kappa shape index (κ3) is 2.62. The van der Waals surface area contributed by atoms with E-state index in [1.165, 1.54) is 0 Å². The molecule has 21 heavy (non-hydrogen) atoms. The molecule has 2 aromatic carbocycles. The lowest BCUT2D eigenvalue weighted by Crippen LogP contribution is -1.95. The molecule has 0 saturated heterocycles. The van der Waals surface area contributed by atoms with Gasteiger partial charge in [0.1, 0.15) is 11.5 Å². The molecular weight excluding hydrogens is 266 g/mol. The summed E-state index contributed by atoms with van der Waals surface area (Å²) in [4.78, 5) is 7.96. The second kappa shape index (κ2) is 5.13. The van der Waals surface area contributed by atoms with Gasteiger partial charge < -0.3 is 15.9 Å². The lowest BCUT2D eigenvalue weighted by molar-refractivity contribution is 0.475. The van der Waals surface area contributed by atoms with Crippen molar-refractivity contribution < 1.29 is 10.2 Å². The average molecular weight is 279 g/mol. The number of nitrogens with zero attached hydrogens (tertiary/aromatic N) is 2. The fraction of sp³-hybridized carbons (Fsp3) is 0. The van der Waals surface area contributed by atoms with Gasteiger partial charge in [-0.15, -0.1) is 0 Å². The molecule has 104 valence electrons. The largest absolute Gasteiger partial charge is 0.508 e. The van der Waals surface area contributed by atoms with Crippen LogP contribution >= 0.6 is 0 Å². The van der Waals surface area contributed by atoms with E-state index < -0.39 is 0 Å². The van der Waals surface area contributed by atoms with E-state index in [0.717, 1.165) is 11.1 Å². The molecule has 3 rings (SSSR count). The van der Waals surface area contributed by atoms with E-state index >= 15 is 0 Å². The van der Waals surface area contributed by atoms with Gasteiger partial charge in [0.05, 0.1) is 5.69 Å². The highest BCUT2D eigenvalue weighted by Gasteiger charge is 2.09. The molecule has 0 aliphatic carbocycles. The van der Waals surface area contributed by atoms with Gasteiger partial charge in [-0.2, -0.15) is 0 Å². The predicted octanol–water partition coefficient (Wildman–Crippen LogP) is 2.80. The van der Waals surface area contributed by atoms with Crippen LogP contribution in [0, 0.1) is 0 Å². The Morgan fingerprint density at radius 1 is 0.857 bits per heavy atom. The predicted molar refractivity (Wildman–Crippen MR) is 80.6 cm³/mol. The van der Waals surface area contributed by atoms with Crippen LogP contribution in [0.4, 0.5) is 5.95 Å². The van der Waals surface area contributed by atoms with Crippen molar-refractivity contribution in [1.29, 1.82) is 0 Å². The molecular formula is C16H13N3O2. The second-order valence-electron chi connectivity index (χ2n) is 4.58. The van der Waals surface area contributed by atoms with E-state index in [-0.39, 0.29) is 17.4 Å². The molecule has 0 radical (unpaired) electrons. The van der Waals surface area contributed by atoms with Crippen LogP contribution in [0.25, 0.3) is 22.4 Å². The molecule has 0 fully saturated rings. The van der Waals surface area contributed by atoms with Crippen LogP contribution < -0.4 is 5.73 Å². The first kappa shape index (κ1) is 12.9. The highest BCUT2D eigenvalue weighted by Crippen LogP contribution is 2.33. The molecule has 0 aliphatic rings. The zero-order valence-electron chi connectivity index (χ0n) is 11.1. The van der Waals surface area contributed by atoms with Crippen LogP contribution in [0.3, 0.4) is 0 Å². The van der Waals surface area contributed by atoms with Gasteiger partial charge >= 0.3 is 0 Å². The SMILES string of the molecule is Nc1nccc(-c2cc(-c3ccc(O)cc3)ccc2O)n1. The topological polar surface area (TPSA) is 92.3 Å². The Hall–Kier alpha value is -3.08. The van der Waals surface area contributed by atoms with Gasteiger partial charge in [-0.05, 0) is 41.5 Å². The van der Waals surface area contributed by atoms with Gasteiger partial charge in [0.2, 0.25) is 5.95 Å². The maximum absolute atomic E-state index is 10.0. The second-order valence-corrected chi connectivity index (χ2v) is 4.58. The van der Waals surface area contributed by atoms with Crippen molar-refractivity contribution in [2.24, 2.45) is 0 Å². The van der Waals surface area contributed by atoms with E-state index in [0.29, 0.717) is 11.3 Å². The minimum atomic E-state index is 0.121. The summed E-state index contributed by atoms with van der Waals surface area (Å²) in [6, 6.07) is 13.8. The van der Waals surface area contributed by atoms with Gasteiger partial charge in [-0.25, -0.2) is 9.97 Å². The third-order valence-corrected chi connectivity index (χ3v) is 3.15. The fourth-order valence-electron chi connectivity index (χ4n) is 2.10. The van der Waals surface area contributed by atoms with E-state index in [9.17, 15) is 10.2 Å². The van der Waals surface area contributed by atoms with Crippen molar-refractivity contribution in [2.75, 3.05) is 5.73 Å². The Kier molecular flexibility index (Phi) is 3.16. The normalized spacial score (nSPS) is 10.5. The molecule has 4 N–H and O–H groups in total. The Labute approximate surface area is 121 Å². The third-order valence-electron chi connectivity index (χ3n) is 3.15. The molecule has 0 saturated carbocycles. The molecule has 5 nitrogen and oxygen atoms in total. The van der Waals surface area contributed by atoms with Crippen LogP contribution in [0.15, 0.2) is 54.7 Å². The van der Waals surface area contributed by atoms with Gasteiger partial charge in [0.25, 0.3) is 0 Å². The van der Waals surface area contributed by atoms with E-state index in [1.54, 1.807) is 48.7 Å². The molecule has 5 heteroatoms. The summed E-state index contributed by atoms with van der Waals surface area (Å²) in [5, 5.41) is 19.4. The average Bonchev–Trinajstić information content (AvgIpc) is 2.49. The quantitative estimate of drug-likeness (QED) is 0.670. The maximum Gasteiger partial charge on any atom is 0.220 e. The summed E-state index contributed by atoms with van der Waals surface area (Å²) in [6.07, 6.45) is 1.55. The van der Waals surface area contributed by atoms with E-state index in [4.69, 9.17) is 5.73 Å². The number of benzene rings is 2. The smallest absolute Gasteiger partial charge is 0.220 e. The summed E-state index contributed by atoms with van der Waals surface area (Å²) >= 11 is 0. The van der Waals surface area contributed by atoms with Crippen molar-refractivity contribution in [3.63, 3.8) is 0 Å². The minimum absolute atomic E-state index is 0.121. The Bertz CT molecular complexity index is 786. The van der Waals surface area contributed by atoms with Crippen molar-refractivity contribution in [3.8, 4) is 33.9 Å². The summed E-state index contributed by atoms with van der Waals surface area (Å²) in [5.41, 5.74) is 8.54. The minimum Gasteiger partial charge on any atom is -0.508 e. The molecule has 0 bridgehead atoms. The number of nitrogen functional groups attached to an aromatic ring is 1. The maximum atomic E-state index is 10.0. The zero-order valence-corrected chi connectivity index (χ0v) is 11.1. The molecule has 3 aromatic rings. The number of anilines is 1. The number of phenols is 2. The lowest BCUT2D eigenvalue weighted by Gasteiger charge is -2.08. The highest BCUT2D eigenvalue weighted by molar-refractivity contribution is 5.76. The summed E-state index contributed by atoms with van der Waals surface area (Å²) in [5.74, 6) is 0.485. The van der Waals surface area contributed by atoms with Gasteiger partial charge in [0.15, 0.2) is 0 Å². The van der Waals surface area contributed by atoms with Gasteiger partial charge in [0, 0.05) is 11.8 Å². The highest BCUT2D eigenvalue weighted by atomic mass is 16.3. The molecule has 0 unspecified atom stereocenters. The van der Waals surface area contributed by atoms with E-state index in [1.807, 2.05) is 6.07 Å². The standard InChI is InChI=1S/C16H13N3O2/c17-16-18-8-7-14(19-16)13-9-11(3-6-15(13)21)10-1-4-12(20)5-2-10/h1-9,20-21H,(H2,17,18,19). The zero-order chi connectivity index (χ0) is 14.8. The number of rotatable bonds is 2. The molecule has 0 aliphatic heterocycles. The Balaban J connectivity index is 2.10. The van der Waals surface area contributed by atoms with Crippen LogP contribution in [-0.4, -0.2) is 20.2 Å². The van der Waals surface area contributed by atoms with Crippen LogP contribution in [0.2, 0.25) is 0 Å². The Morgan fingerprint density at radius 2 is 1.57 bits per heavy atom. The van der Waals surface area contributed by atoms with Crippen molar-refractivity contribution in [3.05, 3.63) is 54.7 Å². The molecule has 1 heterocycles. The lowest BCUT2D eigenvalue weighted by atomic mass is 10.0. The van der Waals surface area contributed by atoms with Crippen molar-refractivity contribution >= 4 is 5.95 Å². The number of aromatic nitrogens is 2. The summed E-state index contributed by atoms with van der Waals surface area (Å²) in [6.45, 7) is 0. The number of phenolic OH excluding ortho intramolecular Hbond substituents is 2. The van der Waals surface area contributed by atoms with Crippen molar-refractivity contribution in [2.45, 2.75) is 0 Å². The monoisotopic (exact) mass is 279 g/mol. The van der Waals surface area contributed by atoms with Gasteiger partial charge in [-0.1, -0.05) is 18.2 Å². The van der Waals surface area contributed by atoms with Crippen LogP contribution in [0.1, 0.15) is 0 Å². The molecule has 0 atom stereocenters. The first-order valence-corrected chi connectivity index (χ1v) is 6.35. The first-order valence-electron chi connectivity index (χ1n) is 6.35. The number of hydrogen-bond donors (Lipinski definition) is 3. The number of hydrogen-bond acceptors (Lipinski definition) is 5. The van der Waals surface area contributed by atoms with Crippen LogP contribution in [-0.2, 0) is 0 Å². The fourth-order valence-corrected chi connectivity index (χ4v) is 2.10. The molecule has 1 aromatic heterocycles. The first-order chi connectivity index (χ1) is 10.1. The van der Waals surface area contributed by atoms with Gasteiger partial charge in [-0.3, -0.25) is 0 Å². The van der Waals surface area contributed by atoms with E-state index in [2.05, 4.69) is 9.97 Å². The molecule has 0 amide bonds. The molecule has 0 spiro atoms. The number of nitrogens with two attached hydrogens (primary N) is 1. The Morgan fingerprint density at radius 3 is 2.29 bits per heavy atom. The van der Waals surface area contributed by atoms with Crippen LogP contribution in [0.5, 0.6) is 11.5 Å². The van der Waals surface area contributed by atoms with Crippen molar-refractivity contribution in [1.82, 2.24) is 9.97 Å². The number of aromatic hydroxyl groups is 2. The summed E-state index contributed by atoms with van der Waals surface area (Å²) < 4.78 is 0. The summed E-state index contributed by atoms with van der Waals surface area (Å²) in [7, 11) is 0.